The number of halogens is 1. The lowest BCUT2D eigenvalue weighted by atomic mass is 9.89. The number of hydrogen-bond acceptors (Lipinski definition) is 4. The Balaban J connectivity index is 1.96. The molecule has 178 valence electrons. The molecule has 0 aliphatic rings. The van der Waals surface area contributed by atoms with Crippen LogP contribution in [0, 0.1) is 5.82 Å². The standard InChI is InChI=1S/C27H29FO5Si/c1-26(2,3)34(23-10-6-4-7-11-23,24-12-8-5-9-13-24)33-19-22(29)18-27(32,25(30)31)20-14-16-21(28)17-15-20/h4-17,32H,18-19H2,1-3H3,(H,30,31). The molecule has 3 aromatic rings. The Labute approximate surface area is 200 Å². The molecule has 2 N–H and O–H groups in total. The van der Waals surface area contributed by atoms with Crippen LogP contribution in [0.1, 0.15) is 32.8 Å². The van der Waals surface area contributed by atoms with Crippen LogP contribution in [0.3, 0.4) is 0 Å². The first-order valence-electron chi connectivity index (χ1n) is 11.0. The summed E-state index contributed by atoms with van der Waals surface area (Å²) in [5.41, 5.74) is -2.56. The van der Waals surface area contributed by atoms with Crippen molar-refractivity contribution in [3.8, 4) is 0 Å². The van der Waals surface area contributed by atoms with E-state index >= 15 is 0 Å². The number of carboxylic acids is 1. The average Bonchev–Trinajstić information content (AvgIpc) is 2.80. The summed E-state index contributed by atoms with van der Waals surface area (Å²) in [6, 6.07) is 23.9. The van der Waals surface area contributed by atoms with E-state index in [-0.39, 0.29) is 17.2 Å². The highest BCUT2D eigenvalue weighted by molar-refractivity contribution is 6.99. The topological polar surface area (TPSA) is 83.8 Å². The lowest BCUT2D eigenvalue weighted by Gasteiger charge is -2.43. The van der Waals surface area contributed by atoms with Gasteiger partial charge in [-0.05, 0) is 33.1 Å². The molecule has 3 aromatic carbocycles. The van der Waals surface area contributed by atoms with E-state index in [0.29, 0.717) is 0 Å². The van der Waals surface area contributed by atoms with Gasteiger partial charge in [-0.3, -0.25) is 4.79 Å². The predicted molar refractivity (Wildman–Crippen MR) is 131 cm³/mol. The second-order valence-corrected chi connectivity index (χ2v) is 13.6. The second-order valence-electron chi connectivity index (χ2n) is 9.34. The fraction of sp³-hybridized carbons (Fsp3) is 0.259. The SMILES string of the molecule is CC(C)(C)[Si](OCC(=O)CC(O)(C(=O)O)c1ccc(F)cc1)(c1ccccc1)c1ccccc1. The Morgan fingerprint density at radius 2 is 1.32 bits per heavy atom. The first kappa shape index (κ1) is 25.5. The van der Waals surface area contributed by atoms with Gasteiger partial charge in [0.05, 0.1) is 13.0 Å². The van der Waals surface area contributed by atoms with Gasteiger partial charge in [-0.25, -0.2) is 9.18 Å². The van der Waals surface area contributed by atoms with Crippen molar-refractivity contribution in [2.75, 3.05) is 6.61 Å². The highest BCUT2D eigenvalue weighted by Gasteiger charge is 2.51. The van der Waals surface area contributed by atoms with Crippen LogP contribution in [0.4, 0.5) is 4.39 Å². The smallest absolute Gasteiger partial charge is 0.340 e. The van der Waals surface area contributed by atoms with Gasteiger partial charge in [0.1, 0.15) is 5.82 Å². The summed E-state index contributed by atoms with van der Waals surface area (Å²) < 4.78 is 19.8. The van der Waals surface area contributed by atoms with Gasteiger partial charge in [0.25, 0.3) is 8.32 Å². The second kappa shape index (κ2) is 10.0. The number of carboxylic acid groups (broad SMARTS) is 1. The third kappa shape index (κ3) is 5.01. The molecule has 0 saturated carbocycles. The monoisotopic (exact) mass is 480 g/mol. The third-order valence-electron chi connectivity index (χ3n) is 6.00. The number of carbonyl (C=O) groups is 2. The summed E-state index contributed by atoms with van der Waals surface area (Å²) in [5.74, 6) is -2.72. The number of hydrogen-bond donors (Lipinski definition) is 2. The van der Waals surface area contributed by atoms with Crippen molar-refractivity contribution >= 4 is 30.4 Å². The number of aliphatic hydroxyl groups is 1. The minimum atomic E-state index is -3.00. The fourth-order valence-corrected chi connectivity index (χ4v) is 8.85. The zero-order valence-electron chi connectivity index (χ0n) is 19.5. The van der Waals surface area contributed by atoms with Gasteiger partial charge < -0.3 is 14.6 Å². The molecular weight excluding hydrogens is 451 g/mol. The van der Waals surface area contributed by atoms with Crippen molar-refractivity contribution in [3.63, 3.8) is 0 Å². The Morgan fingerprint density at radius 3 is 1.74 bits per heavy atom. The van der Waals surface area contributed by atoms with E-state index in [2.05, 4.69) is 20.8 Å². The van der Waals surface area contributed by atoms with Crippen LogP contribution >= 0.6 is 0 Å². The van der Waals surface area contributed by atoms with Crippen LogP contribution in [-0.4, -0.2) is 36.9 Å². The zero-order valence-corrected chi connectivity index (χ0v) is 20.5. The summed E-state index contributed by atoms with van der Waals surface area (Å²) in [7, 11) is -3.00. The third-order valence-corrected chi connectivity index (χ3v) is 11.0. The lowest BCUT2D eigenvalue weighted by molar-refractivity contribution is -0.163. The molecule has 0 fully saturated rings. The molecule has 0 amide bonds. The van der Waals surface area contributed by atoms with Crippen LogP contribution in [0.2, 0.25) is 5.04 Å². The van der Waals surface area contributed by atoms with E-state index in [9.17, 15) is 24.2 Å². The maximum atomic E-state index is 13.3. The highest BCUT2D eigenvalue weighted by atomic mass is 28.4. The van der Waals surface area contributed by atoms with Crippen molar-refractivity contribution in [2.45, 2.75) is 37.8 Å². The van der Waals surface area contributed by atoms with Gasteiger partial charge in [0, 0.05) is 0 Å². The molecule has 0 radical (unpaired) electrons. The number of ketones is 1. The minimum absolute atomic E-state index is 0.0693. The molecule has 5 nitrogen and oxygen atoms in total. The number of benzene rings is 3. The minimum Gasteiger partial charge on any atom is -0.479 e. The van der Waals surface area contributed by atoms with Gasteiger partial charge in [-0.15, -0.1) is 0 Å². The number of rotatable bonds is 9. The zero-order chi connectivity index (χ0) is 25.0. The quantitative estimate of drug-likeness (QED) is 0.457. The van der Waals surface area contributed by atoms with Gasteiger partial charge in [-0.1, -0.05) is 93.6 Å². The van der Waals surface area contributed by atoms with Crippen molar-refractivity contribution in [1.29, 1.82) is 0 Å². The van der Waals surface area contributed by atoms with E-state index in [4.69, 9.17) is 4.43 Å². The summed E-state index contributed by atoms with van der Waals surface area (Å²) in [6.45, 7) is 5.82. The molecule has 0 saturated heterocycles. The Morgan fingerprint density at radius 1 is 0.853 bits per heavy atom. The summed E-state index contributed by atoms with van der Waals surface area (Å²) in [6.07, 6.45) is -0.702. The first-order chi connectivity index (χ1) is 16.0. The Kier molecular flexibility index (Phi) is 7.50. The molecule has 0 bridgehead atoms. The Bertz CT molecular complexity index is 1090. The lowest BCUT2D eigenvalue weighted by Crippen LogP contribution is -2.67. The molecule has 0 aromatic heterocycles. The van der Waals surface area contributed by atoms with E-state index in [1.165, 1.54) is 12.1 Å². The summed E-state index contributed by atoms with van der Waals surface area (Å²) in [4.78, 5) is 25.0. The van der Waals surface area contributed by atoms with Gasteiger partial charge in [0.15, 0.2) is 11.4 Å². The maximum absolute atomic E-state index is 13.3. The number of carbonyl (C=O) groups excluding carboxylic acids is 1. The molecule has 0 heterocycles. The van der Waals surface area contributed by atoms with E-state index in [1.54, 1.807) is 0 Å². The van der Waals surface area contributed by atoms with Crippen LogP contribution in [0.5, 0.6) is 0 Å². The maximum Gasteiger partial charge on any atom is 0.340 e. The molecule has 34 heavy (non-hydrogen) atoms. The molecule has 0 aliphatic heterocycles. The van der Waals surface area contributed by atoms with Crippen LogP contribution in [-0.2, 0) is 19.6 Å². The fourth-order valence-electron chi connectivity index (χ4n) is 4.31. The number of aliphatic carboxylic acids is 1. The summed E-state index contributed by atoms with van der Waals surface area (Å²) >= 11 is 0. The average molecular weight is 481 g/mol. The van der Waals surface area contributed by atoms with E-state index in [0.717, 1.165) is 22.5 Å². The van der Waals surface area contributed by atoms with Crippen LogP contribution < -0.4 is 10.4 Å². The largest absolute Gasteiger partial charge is 0.479 e. The van der Waals surface area contributed by atoms with Gasteiger partial charge in [-0.2, -0.15) is 0 Å². The molecule has 1 unspecified atom stereocenters. The van der Waals surface area contributed by atoms with Crippen molar-refractivity contribution in [1.82, 2.24) is 0 Å². The summed E-state index contributed by atoms with van der Waals surface area (Å²) in [5, 5.41) is 22.1. The number of Topliss-reactive ketones (excluding diaryl/α,β-unsaturated/α-hetero) is 1. The van der Waals surface area contributed by atoms with Gasteiger partial charge in [0.2, 0.25) is 0 Å². The Hall–Kier alpha value is -3.13. The molecule has 3 rings (SSSR count). The van der Waals surface area contributed by atoms with Gasteiger partial charge >= 0.3 is 5.97 Å². The van der Waals surface area contributed by atoms with E-state index < -0.39 is 37.9 Å². The predicted octanol–water partition coefficient (Wildman–Crippen LogP) is 3.63. The van der Waals surface area contributed by atoms with Crippen molar-refractivity contribution in [2.24, 2.45) is 0 Å². The molecule has 7 heteroatoms. The van der Waals surface area contributed by atoms with E-state index in [1.807, 2.05) is 60.7 Å². The van der Waals surface area contributed by atoms with Crippen molar-refractivity contribution < 1.29 is 28.6 Å². The molecular formula is C27H29FO5Si. The van der Waals surface area contributed by atoms with Crippen LogP contribution in [0.25, 0.3) is 0 Å². The van der Waals surface area contributed by atoms with Crippen LogP contribution in [0.15, 0.2) is 84.9 Å². The molecule has 0 spiro atoms. The highest BCUT2D eigenvalue weighted by Crippen LogP contribution is 2.37. The molecule has 0 aliphatic carbocycles. The van der Waals surface area contributed by atoms with Crippen molar-refractivity contribution in [3.05, 3.63) is 96.3 Å². The first-order valence-corrected chi connectivity index (χ1v) is 12.9. The molecule has 1 atom stereocenters. The normalized spacial score (nSPS) is 13.8.